The summed E-state index contributed by atoms with van der Waals surface area (Å²) in [6, 6.07) is 6.84. The number of benzene rings is 1. The van der Waals surface area contributed by atoms with E-state index in [9.17, 15) is 4.79 Å². The molecular weight excluding hydrogens is 190 g/mol. The van der Waals surface area contributed by atoms with Crippen LogP contribution >= 0.6 is 0 Å². The Hall–Kier alpha value is -1.35. The molecule has 1 aromatic rings. The number of Topliss-reactive ketones (excluding diaryl/α,β-unsaturated/α-hetero) is 1. The summed E-state index contributed by atoms with van der Waals surface area (Å²) in [6.07, 6.45) is 1.43. The monoisotopic (exact) mass is 205 g/mol. The second-order valence-electron chi connectivity index (χ2n) is 4.00. The molecule has 3 heteroatoms. The van der Waals surface area contributed by atoms with Crippen LogP contribution in [-0.2, 0) is 11.2 Å². The second kappa shape index (κ2) is 4.45. The van der Waals surface area contributed by atoms with Crippen molar-refractivity contribution in [1.82, 2.24) is 5.32 Å². The van der Waals surface area contributed by atoms with Crippen molar-refractivity contribution >= 4 is 5.78 Å². The summed E-state index contributed by atoms with van der Waals surface area (Å²) in [6.45, 7) is 1.77. The summed E-state index contributed by atoms with van der Waals surface area (Å²) in [4.78, 5) is 11.8. The molecule has 80 valence electrons. The van der Waals surface area contributed by atoms with Gasteiger partial charge in [0.2, 0.25) is 0 Å². The van der Waals surface area contributed by atoms with Gasteiger partial charge >= 0.3 is 0 Å². The molecular formula is C12H15NO2. The molecule has 0 aliphatic carbocycles. The minimum Gasteiger partial charge on any atom is -0.508 e. The molecule has 0 amide bonds. The van der Waals surface area contributed by atoms with E-state index in [4.69, 9.17) is 5.11 Å². The second-order valence-corrected chi connectivity index (χ2v) is 4.00. The topological polar surface area (TPSA) is 49.3 Å². The zero-order valence-electron chi connectivity index (χ0n) is 8.57. The first-order chi connectivity index (χ1) is 7.25. The van der Waals surface area contributed by atoms with E-state index < -0.39 is 0 Å². The zero-order chi connectivity index (χ0) is 10.7. The van der Waals surface area contributed by atoms with Gasteiger partial charge in [-0.15, -0.1) is 0 Å². The van der Waals surface area contributed by atoms with Gasteiger partial charge in [0.15, 0.2) is 0 Å². The predicted octanol–water partition coefficient (Wildman–Crippen LogP) is 1.11. The number of phenols is 1. The van der Waals surface area contributed by atoms with Crippen LogP contribution in [0.25, 0.3) is 0 Å². The van der Waals surface area contributed by atoms with Crippen LogP contribution in [0.1, 0.15) is 12.0 Å². The Morgan fingerprint density at radius 2 is 2.13 bits per heavy atom. The van der Waals surface area contributed by atoms with Gasteiger partial charge in [-0.2, -0.15) is 0 Å². The molecule has 15 heavy (non-hydrogen) atoms. The Morgan fingerprint density at radius 3 is 2.73 bits per heavy atom. The number of carbonyl (C=O) groups is 1. The number of rotatable bonds is 3. The van der Waals surface area contributed by atoms with E-state index >= 15 is 0 Å². The first-order valence-electron chi connectivity index (χ1n) is 5.27. The quantitative estimate of drug-likeness (QED) is 0.777. The molecule has 0 aromatic heterocycles. The molecule has 0 bridgehead atoms. The number of ketones is 1. The van der Waals surface area contributed by atoms with Crippen LogP contribution < -0.4 is 5.32 Å². The molecule has 1 aromatic carbocycles. The maximum Gasteiger partial charge on any atom is 0.141 e. The van der Waals surface area contributed by atoms with Gasteiger partial charge in [0.1, 0.15) is 11.5 Å². The minimum atomic E-state index is 0.179. The third-order valence-electron chi connectivity index (χ3n) is 2.83. The van der Waals surface area contributed by atoms with Gasteiger partial charge in [0, 0.05) is 18.9 Å². The molecule has 1 aliphatic rings. The van der Waals surface area contributed by atoms with Crippen LogP contribution in [-0.4, -0.2) is 24.0 Å². The molecule has 1 saturated heterocycles. The van der Waals surface area contributed by atoms with Crippen molar-refractivity contribution in [3.63, 3.8) is 0 Å². The Morgan fingerprint density at radius 1 is 1.40 bits per heavy atom. The van der Waals surface area contributed by atoms with E-state index in [2.05, 4.69) is 5.32 Å². The third kappa shape index (κ3) is 2.57. The molecule has 2 N–H and O–H groups in total. The van der Waals surface area contributed by atoms with Crippen molar-refractivity contribution in [2.45, 2.75) is 12.8 Å². The van der Waals surface area contributed by atoms with Gasteiger partial charge < -0.3 is 10.4 Å². The highest BCUT2D eigenvalue weighted by atomic mass is 16.3. The normalized spacial score (nSPS) is 20.4. The van der Waals surface area contributed by atoms with E-state index in [0.717, 1.165) is 25.1 Å². The number of carbonyl (C=O) groups excluding carboxylic acids is 1. The first-order valence-corrected chi connectivity index (χ1v) is 5.27. The first kappa shape index (κ1) is 10.2. The molecule has 0 spiro atoms. The fraction of sp³-hybridized carbons (Fsp3) is 0.417. The highest BCUT2D eigenvalue weighted by Gasteiger charge is 2.21. The van der Waals surface area contributed by atoms with Crippen molar-refractivity contribution in [3.05, 3.63) is 29.8 Å². The van der Waals surface area contributed by atoms with Crippen molar-refractivity contribution in [2.24, 2.45) is 5.92 Å². The van der Waals surface area contributed by atoms with Crippen molar-refractivity contribution in [1.29, 1.82) is 0 Å². The highest BCUT2D eigenvalue weighted by molar-refractivity contribution is 5.83. The van der Waals surface area contributed by atoms with Gasteiger partial charge in [-0.05, 0) is 30.7 Å². The lowest BCUT2D eigenvalue weighted by atomic mass is 9.97. The fourth-order valence-electron chi connectivity index (χ4n) is 1.89. The summed E-state index contributed by atoms with van der Waals surface area (Å²) in [5.74, 6) is 0.721. The lowest BCUT2D eigenvalue weighted by Crippen LogP contribution is -2.19. The molecule has 0 radical (unpaired) electrons. The maximum absolute atomic E-state index is 11.8. The molecule has 1 atom stereocenters. The Bertz CT molecular complexity index is 339. The molecule has 1 unspecified atom stereocenters. The molecule has 1 aliphatic heterocycles. The lowest BCUT2D eigenvalue weighted by Gasteiger charge is -2.06. The number of hydrogen-bond acceptors (Lipinski definition) is 3. The van der Waals surface area contributed by atoms with Crippen LogP contribution in [0.2, 0.25) is 0 Å². The maximum atomic E-state index is 11.8. The molecule has 0 saturated carbocycles. The van der Waals surface area contributed by atoms with Gasteiger partial charge in [-0.1, -0.05) is 12.1 Å². The van der Waals surface area contributed by atoms with Crippen LogP contribution in [0.5, 0.6) is 5.75 Å². The lowest BCUT2D eigenvalue weighted by molar-refractivity contribution is -0.121. The van der Waals surface area contributed by atoms with Gasteiger partial charge in [0.05, 0.1) is 0 Å². The third-order valence-corrected chi connectivity index (χ3v) is 2.83. The van der Waals surface area contributed by atoms with Gasteiger partial charge in [-0.25, -0.2) is 0 Å². The predicted molar refractivity (Wildman–Crippen MR) is 57.8 cm³/mol. The van der Waals surface area contributed by atoms with E-state index in [0.29, 0.717) is 12.2 Å². The fourth-order valence-corrected chi connectivity index (χ4v) is 1.89. The zero-order valence-corrected chi connectivity index (χ0v) is 8.57. The molecule has 2 rings (SSSR count). The van der Waals surface area contributed by atoms with Crippen molar-refractivity contribution in [3.8, 4) is 5.75 Å². The standard InChI is InChI=1S/C12H15NO2/c14-11-3-1-9(2-4-11)7-12(15)10-5-6-13-8-10/h1-4,10,13-14H,5-8H2. The van der Waals surface area contributed by atoms with Crippen LogP contribution in [0.15, 0.2) is 24.3 Å². The summed E-state index contributed by atoms with van der Waals surface area (Å²) in [7, 11) is 0. The van der Waals surface area contributed by atoms with Crippen molar-refractivity contribution < 1.29 is 9.90 Å². The minimum absolute atomic E-state index is 0.179. The van der Waals surface area contributed by atoms with Crippen LogP contribution in [0.4, 0.5) is 0 Å². The average molecular weight is 205 g/mol. The number of phenolic OH excluding ortho intramolecular Hbond substituents is 1. The van der Waals surface area contributed by atoms with E-state index in [1.54, 1.807) is 24.3 Å². The smallest absolute Gasteiger partial charge is 0.141 e. The summed E-state index contributed by atoms with van der Waals surface area (Å²) >= 11 is 0. The number of nitrogens with one attached hydrogen (secondary N) is 1. The van der Waals surface area contributed by atoms with Gasteiger partial charge in [-0.3, -0.25) is 4.79 Å². The molecule has 3 nitrogen and oxygen atoms in total. The number of aromatic hydroxyl groups is 1. The summed E-state index contributed by atoms with van der Waals surface area (Å²) in [5, 5.41) is 12.3. The van der Waals surface area contributed by atoms with E-state index in [1.807, 2.05) is 0 Å². The summed E-state index contributed by atoms with van der Waals surface area (Å²) < 4.78 is 0. The SMILES string of the molecule is O=C(Cc1ccc(O)cc1)C1CCNC1. The van der Waals surface area contributed by atoms with Gasteiger partial charge in [0.25, 0.3) is 0 Å². The summed E-state index contributed by atoms with van der Waals surface area (Å²) in [5.41, 5.74) is 0.977. The highest BCUT2D eigenvalue weighted by Crippen LogP contribution is 2.15. The van der Waals surface area contributed by atoms with Crippen LogP contribution in [0.3, 0.4) is 0 Å². The Balaban J connectivity index is 1.96. The average Bonchev–Trinajstić information content (AvgIpc) is 2.74. The number of hydrogen-bond donors (Lipinski definition) is 2. The molecule has 1 heterocycles. The van der Waals surface area contributed by atoms with E-state index in [1.165, 1.54) is 0 Å². The van der Waals surface area contributed by atoms with Crippen molar-refractivity contribution in [2.75, 3.05) is 13.1 Å². The molecule has 1 fully saturated rings. The van der Waals surface area contributed by atoms with Crippen LogP contribution in [0, 0.1) is 5.92 Å². The Kier molecular flexibility index (Phi) is 3.02. The van der Waals surface area contributed by atoms with E-state index in [-0.39, 0.29) is 11.7 Å². The largest absolute Gasteiger partial charge is 0.508 e. The Labute approximate surface area is 89.1 Å².